The minimum absolute atomic E-state index is 0.646. The van der Waals surface area contributed by atoms with E-state index in [1.54, 1.807) is 0 Å². The first-order valence-electron chi connectivity index (χ1n) is 6.88. The summed E-state index contributed by atoms with van der Waals surface area (Å²) in [7, 11) is 0. The molecule has 0 N–H and O–H groups in total. The minimum atomic E-state index is 0.646. The van der Waals surface area contributed by atoms with E-state index in [-0.39, 0.29) is 0 Å². The molecule has 2 aliphatic rings. The van der Waals surface area contributed by atoms with E-state index in [0.717, 1.165) is 24.7 Å². The Morgan fingerprint density at radius 2 is 1.11 bits per heavy atom. The van der Waals surface area contributed by atoms with Gasteiger partial charge in [0.05, 0.1) is 13.2 Å². The smallest absolute Gasteiger partial charge is 0.0557 e. The van der Waals surface area contributed by atoms with Gasteiger partial charge in [0.15, 0.2) is 0 Å². The summed E-state index contributed by atoms with van der Waals surface area (Å²) in [6.45, 7) is 1.77. The highest BCUT2D eigenvalue weighted by Crippen LogP contribution is 2.16. The van der Waals surface area contributed by atoms with Crippen LogP contribution in [0.15, 0.2) is 48.6 Å². The molecule has 0 aromatic heterocycles. The first-order valence-corrected chi connectivity index (χ1v) is 9.19. The van der Waals surface area contributed by atoms with Gasteiger partial charge in [0.2, 0.25) is 0 Å². The third-order valence-corrected chi connectivity index (χ3v) is 5.17. The molecule has 19 heavy (non-hydrogen) atoms. The van der Waals surface area contributed by atoms with Crippen molar-refractivity contribution in [2.75, 3.05) is 36.2 Å². The van der Waals surface area contributed by atoms with Gasteiger partial charge in [-0.15, -0.1) is 0 Å². The van der Waals surface area contributed by atoms with Crippen LogP contribution in [0.3, 0.4) is 0 Å². The lowest BCUT2D eigenvalue weighted by Crippen LogP contribution is -2.04. The highest BCUT2D eigenvalue weighted by molar-refractivity contribution is 7.99. The van der Waals surface area contributed by atoms with Crippen LogP contribution in [-0.4, -0.2) is 36.2 Å². The molecule has 0 aromatic carbocycles. The molecule has 0 radical (unpaired) electrons. The van der Waals surface area contributed by atoms with Gasteiger partial charge >= 0.3 is 0 Å². The Labute approximate surface area is 125 Å². The molecular formula is C16H22OS2. The van der Waals surface area contributed by atoms with Gasteiger partial charge in [-0.05, 0) is 0 Å². The Hall–Kier alpha value is -0.380. The maximum atomic E-state index is 5.65. The summed E-state index contributed by atoms with van der Waals surface area (Å²) >= 11 is 3.96. The van der Waals surface area contributed by atoms with Crippen LogP contribution >= 0.6 is 23.5 Å². The van der Waals surface area contributed by atoms with Crippen molar-refractivity contribution in [2.45, 2.75) is 0 Å². The van der Waals surface area contributed by atoms with Crippen molar-refractivity contribution in [3.63, 3.8) is 0 Å². The molecule has 0 amide bonds. The zero-order valence-electron chi connectivity index (χ0n) is 11.2. The average molecular weight is 294 g/mol. The summed E-state index contributed by atoms with van der Waals surface area (Å²) in [4.78, 5) is 0. The van der Waals surface area contributed by atoms with Gasteiger partial charge in [0.1, 0.15) is 0 Å². The summed E-state index contributed by atoms with van der Waals surface area (Å²) in [5.41, 5.74) is 0. The van der Waals surface area contributed by atoms with Gasteiger partial charge in [-0.25, -0.2) is 0 Å². The van der Waals surface area contributed by atoms with E-state index in [1.165, 1.54) is 11.5 Å². The average Bonchev–Trinajstić information content (AvgIpc) is 3.10. The first-order chi connectivity index (χ1) is 9.45. The molecule has 0 saturated carbocycles. The molecule has 2 rings (SSSR count). The van der Waals surface area contributed by atoms with Crippen molar-refractivity contribution in [3.05, 3.63) is 48.6 Å². The summed E-state index contributed by atoms with van der Waals surface area (Å²) in [6, 6.07) is 0. The first kappa shape index (κ1) is 15.0. The largest absolute Gasteiger partial charge is 0.380 e. The fourth-order valence-corrected chi connectivity index (χ4v) is 3.75. The Morgan fingerprint density at radius 1 is 0.684 bits per heavy atom. The van der Waals surface area contributed by atoms with Gasteiger partial charge in [-0.2, -0.15) is 23.5 Å². The van der Waals surface area contributed by atoms with Crippen LogP contribution in [-0.2, 0) is 4.74 Å². The van der Waals surface area contributed by atoms with Crippen LogP contribution in [0.25, 0.3) is 0 Å². The molecule has 0 bridgehead atoms. The Kier molecular flexibility index (Phi) is 7.52. The number of ether oxygens (including phenoxy) is 1. The van der Waals surface area contributed by atoms with E-state index in [9.17, 15) is 0 Å². The highest BCUT2D eigenvalue weighted by atomic mass is 32.2. The quantitative estimate of drug-likeness (QED) is 0.565. The lowest BCUT2D eigenvalue weighted by atomic mass is 10.2. The molecule has 0 saturated heterocycles. The topological polar surface area (TPSA) is 9.23 Å². The predicted octanol–water partition coefficient (Wildman–Crippen LogP) is 3.95. The standard InChI is InChI=1S/C16H22OS2/c1-2-6-15(5-1)13-18-11-9-17-10-12-19-14-16-7-3-4-8-16/h1-8,15-16H,9-14H2. The maximum absolute atomic E-state index is 5.65. The van der Waals surface area contributed by atoms with E-state index in [1.807, 2.05) is 23.5 Å². The second-order valence-corrected chi connectivity index (χ2v) is 6.93. The molecule has 104 valence electrons. The molecule has 0 atom stereocenters. The molecule has 0 aromatic rings. The van der Waals surface area contributed by atoms with Crippen molar-refractivity contribution in [2.24, 2.45) is 11.8 Å². The predicted molar refractivity (Wildman–Crippen MR) is 89.0 cm³/mol. The zero-order chi connectivity index (χ0) is 13.2. The molecule has 3 heteroatoms. The van der Waals surface area contributed by atoms with E-state index in [4.69, 9.17) is 4.74 Å². The van der Waals surface area contributed by atoms with Gasteiger partial charge < -0.3 is 4.74 Å². The maximum Gasteiger partial charge on any atom is 0.0557 e. The lowest BCUT2D eigenvalue weighted by molar-refractivity contribution is 0.167. The van der Waals surface area contributed by atoms with Crippen LogP contribution in [0.1, 0.15) is 0 Å². The number of hydrogen-bond donors (Lipinski definition) is 0. The molecular weight excluding hydrogens is 272 g/mol. The summed E-state index contributed by atoms with van der Waals surface area (Å²) in [6.07, 6.45) is 17.6. The number of rotatable bonds is 10. The summed E-state index contributed by atoms with van der Waals surface area (Å²) in [5, 5.41) is 0. The van der Waals surface area contributed by atoms with Crippen molar-refractivity contribution in [1.82, 2.24) is 0 Å². The second-order valence-electron chi connectivity index (χ2n) is 4.63. The molecule has 2 aliphatic carbocycles. The molecule has 1 nitrogen and oxygen atoms in total. The highest BCUT2D eigenvalue weighted by Gasteiger charge is 2.04. The summed E-state index contributed by atoms with van der Waals surface area (Å²) in [5.74, 6) is 5.88. The monoisotopic (exact) mass is 294 g/mol. The molecule has 0 spiro atoms. The van der Waals surface area contributed by atoms with Crippen molar-refractivity contribution in [3.8, 4) is 0 Å². The Balaban J connectivity index is 1.32. The van der Waals surface area contributed by atoms with Gasteiger partial charge in [-0.1, -0.05) is 48.6 Å². The van der Waals surface area contributed by atoms with E-state index in [0.29, 0.717) is 11.8 Å². The second kappa shape index (κ2) is 9.51. The fourth-order valence-electron chi connectivity index (χ4n) is 1.95. The third kappa shape index (κ3) is 6.55. The molecule has 0 fully saturated rings. The fraction of sp³-hybridized carbons (Fsp3) is 0.500. The van der Waals surface area contributed by atoms with Gasteiger partial charge in [-0.3, -0.25) is 0 Å². The van der Waals surface area contributed by atoms with Crippen molar-refractivity contribution < 1.29 is 4.74 Å². The van der Waals surface area contributed by atoms with Gasteiger partial charge in [0.25, 0.3) is 0 Å². The zero-order valence-corrected chi connectivity index (χ0v) is 12.9. The molecule has 0 heterocycles. The number of thioether (sulfide) groups is 2. The van der Waals surface area contributed by atoms with Crippen LogP contribution < -0.4 is 0 Å². The van der Waals surface area contributed by atoms with E-state index >= 15 is 0 Å². The van der Waals surface area contributed by atoms with Crippen molar-refractivity contribution in [1.29, 1.82) is 0 Å². The van der Waals surface area contributed by atoms with E-state index < -0.39 is 0 Å². The Bertz CT molecular complexity index is 300. The SMILES string of the molecule is C1=CC(CSCCOCCSCC2C=CC=C2)C=C1. The van der Waals surface area contributed by atoms with Crippen LogP contribution in [0.2, 0.25) is 0 Å². The minimum Gasteiger partial charge on any atom is -0.380 e. The summed E-state index contributed by atoms with van der Waals surface area (Å²) < 4.78 is 5.65. The number of hydrogen-bond acceptors (Lipinski definition) is 3. The van der Waals surface area contributed by atoms with Crippen molar-refractivity contribution >= 4 is 23.5 Å². The molecule has 0 unspecified atom stereocenters. The lowest BCUT2D eigenvalue weighted by Gasteiger charge is -2.07. The van der Waals surface area contributed by atoms with Crippen LogP contribution in [0, 0.1) is 11.8 Å². The normalized spacial score (nSPS) is 18.1. The Morgan fingerprint density at radius 3 is 1.53 bits per heavy atom. The molecule has 0 aliphatic heterocycles. The van der Waals surface area contributed by atoms with Crippen LogP contribution in [0.4, 0.5) is 0 Å². The van der Waals surface area contributed by atoms with Crippen LogP contribution in [0.5, 0.6) is 0 Å². The third-order valence-electron chi connectivity index (χ3n) is 3.02. The van der Waals surface area contributed by atoms with Gasteiger partial charge in [0, 0.05) is 34.8 Å². The number of allylic oxidation sites excluding steroid dienone is 8. The van der Waals surface area contributed by atoms with E-state index in [2.05, 4.69) is 48.6 Å².